The fourth-order valence-corrected chi connectivity index (χ4v) is 3.92. The van der Waals surface area contributed by atoms with Crippen LogP contribution in [0.25, 0.3) is 10.9 Å². The van der Waals surface area contributed by atoms with E-state index in [2.05, 4.69) is 16.8 Å². The van der Waals surface area contributed by atoms with Crippen LogP contribution >= 0.6 is 0 Å². The Morgan fingerprint density at radius 1 is 1.23 bits per heavy atom. The quantitative estimate of drug-likeness (QED) is 0.538. The lowest BCUT2D eigenvalue weighted by Gasteiger charge is -2.23. The predicted octanol–water partition coefficient (Wildman–Crippen LogP) is 5.09. The first kappa shape index (κ1) is 20.0. The number of benzene rings is 2. The van der Waals surface area contributed by atoms with E-state index in [-0.39, 0.29) is 17.8 Å². The van der Waals surface area contributed by atoms with Crippen LogP contribution in [0, 0.1) is 19.7 Å². The van der Waals surface area contributed by atoms with E-state index in [4.69, 9.17) is 0 Å². The summed E-state index contributed by atoms with van der Waals surface area (Å²) < 4.78 is 15.7. The van der Waals surface area contributed by atoms with Crippen LogP contribution in [0.4, 0.5) is 4.39 Å². The molecule has 1 aliphatic heterocycles. The largest absolute Gasteiger partial charge is 0.273 e. The zero-order valence-electron chi connectivity index (χ0n) is 17.3. The monoisotopic (exact) mass is 404 g/mol. The third-order valence-corrected chi connectivity index (χ3v) is 5.40. The van der Waals surface area contributed by atoms with Gasteiger partial charge in [0.15, 0.2) is 0 Å². The number of amides is 1. The van der Waals surface area contributed by atoms with Crippen molar-refractivity contribution in [3.8, 4) is 0 Å². The van der Waals surface area contributed by atoms with E-state index >= 15 is 0 Å². The van der Waals surface area contributed by atoms with E-state index in [1.54, 1.807) is 6.21 Å². The van der Waals surface area contributed by atoms with Crippen LogP contribution in [0.1, 0.15) is 42.0 Å². The molecule has 0 N–H and O–H groups in total. The number of halogens is 1. The number of aromatic nitrogens is 2. The molecule has 0 saturated heterocycles. The highest BCUT2D eigenvalue weighted by atomic mass is 19.1. The molecule has 4 rings (SSSR count). The number of hydrogen-bond acceptors (Lipinski definition) is 3. The third-order valence-electron chi connectivity index (χ3n) is 5.40. The first-order chi connectivity index (χ1) is 14.4. The van der Waals surface area contributed by atoms with Gasteiger partial charge >= 0.3 is 0 Å². The van der Waals surface area contributed by atoms with Gasteiger partial charge in [-0.15, -0.1) is 0 Å². The molecule has 0 saturated carbocycles. The zero-order chi connectivity index (χ0) is 21.3. The second kappa shape index (κ2) is 8.22. The van der Waals surface area contributed by atoms with Gasteiger partial charge in [-0.3, -0.25) is 9.48 Å². The molecule has 154 valence electrons. The average Bonchev–Trinajstić information content (AvgIpc) is 3.33. The van der Waals surface area contributed by atoms with Gasteiger partial charge in [-0.25, -0.2) is 9.40 Å². The van der Waals surface area contributed by atoms with Gasteiger partial charge in [0, 0.05) is 30.6 Å². The summed E-state index contributed by atoms with van der Waals surface area (Å²) >= 11 is 0. The maximum atomic E-state index is 13.8. The highest BCUT2D eigenvalue weighted by molar-refractivity contribution is 5.81. The number of hydrogen-bond donors (Lipinski definition) is 0. The van der Waals surface area contributed by atoms with Crippen molar-refractivity contribution >= 4 is 23.0 Å². The first-order valence-corrected chi connectivity index (χ1v) is 10.1. The molecule has 1 aliphatic rings. The van der Waals surface area contributed by atoms with Gasteiger partial charge in [0.2, 0.25) is 5.91 Å². The molecule has 30 heavy (non-hydrogen) atoms. The lowest BCUT2D eigenvalue weighted by molar-refractivity contribution is -0.133. The van der Waals surface area contributed by atoms with Crippen LogP contribution in [-0.4, -0.2) is 26.9 Å². The fourth-order valence-electron chi connectivity index (χ4n) is 3.92. The Kier molecular flexibility index (Phi) is 5.48. The van der Waals surface area contributed by atoms with E-state index in [0.29, 0.717) is 25.8 Å². The molecule has 0 spiro atoms. The Hall–Kier alpha value is -3.28. The standard InChI is InChI=1S/C24H25FN4O/c1-16(14-28-15-19-6-4-5-18(3)24(19)27-28)7-8-23(30)29-22(9-10-26-29)20-11-17(2)12-21(25)13-20/h4-6,10-13,15,22H,1,7-9,14H2,2-3H3. The Balaban J connectivity index is 1.37. The summed E-state index contributed by atoms with van der Waals surface area (Å²) in [5.74, 6) is -0.377. The molecule has 2 aromatic carbocycles. The molecule has 1 unspecified atom stereocenters. The van der Waals surface area contributed by atoms with Crippen molar-refractivity contribution in [2.45, 2.75) is 45.7 Å². The van der Waals surface area contributed by atoms with Crippen LogP contribution < -0.4 is 0 Å². The lowest BCUT2D eigenvalue weighted by atomic mass is 10.0. The molecule has 0 fully saturated rings. The van der Waals surface area contributed by atoms with E-state index in [9.17, 15) is 9.18 Å². The molecule has 2 heterocycles. The van der Waals surface area contributed by atoms with Crippen LogP contribution in [0.3, 0.4) is 0 Å². The lowest BCUT2D eigenvalue weighted by Crippen LogP contribution is -2.27. The minimum atomic E-state index is -0.292. The van der Waals surface area contributed by atoms with Crippen LogP contribution in [0.2, 0.25) is 0 Å². The number of aryl methyl sites for hydroxylation is 2. The maximum Gasteiger partial charge on any atom is 0.243 e. The van der Waals surface area contributed by atoms with Gasteiger partial charge in [0.25, 0.3) is 0 Å². The van der Waals surface area contributed by atoms with Crippen molar-refractivity contribution in [3.05, 3.63) is 77.3 Å². The number of carbonyl (C=O) groups is 1. The Bertz CT molecular complexity index is 1130. The van der Waals surface area contributed by atoms with Gasteiger partial charge in [-0.1, -0.05) is 36.4 Å². The van der Waals surface area contributed by atoms with Gasteiger partial charge in [0.05, 0.1) is 18.1 Å². The Morgan fingerprint density at radius 2 is 2.07 bits per heavy atom. The van der Waals surface area contributed by atoms with E-state index < -0.39 is 0 Å². The zero-order valence-corrected chi connectivity index (χ0v) is 17.3. The molecule has 3 aromatic rings. The van der Waals surface area contributed by atoms with Crippen molar-refractivity contribution in [3.63, 3.8) is 0 Å². The van der Waals surface area contributed by atoms with Crippen molar-refractivity contribution < 1.29 is 9.18 Å². The molecule has 1 atom stereocenters. The molecule has 5 nitrogen and oxygen atoms in total. The second-order valence-corrected chi connectivity index (χ2v) is 7.94. The molecule has 0 bridgehead atoms. The summed E-state index contributed by atoms with van der Waals surface area (Å²) in [7, 11) is 0. The molecular weight excluding hydrogens is 379 g/mol. The van der Waals surface area contributed by atoms with Gasteiger partial charge < -0.3 is 0 Å². The Labute approximate surface area is 175 Å². The summed E-state index contributed by atoms with van der Waals surface area (Å²) in [6, 6.07) is 10.7. The summed E-state index contributed by atoms with van der Waals surface area (Å²) in [6.07, 6.45) is 5.17. The number of nitrogens with zero attached hydrogens (tertiary/aromatic N) is 4. The van der Waals surface area contributed by atoms with Crippen LogP contribution in [0.5, 0.6) is 0 Å². The number of carbonyl (C=O) groups excluding carboxylic acids is 1. The first-order valence-electron chi connectivity index (χ1n) is 10.1. The topological polar surface area (TPSA) is 50.5 Å². The molecule has 1 aromatic heterocycles. The normalized spacial score (nSPS) is 15.8. The summed E-state index contributed by atoms with van der Waals surface area (Å²) in [4.78, 5) is 12.8. The highest BCUT2D eigenvalue weighted by Gasteiger charge is 2.28. The van der Waals surface area contributed by atoms with Crippen molar-refractivity contribution in [1.29, 1.82) is 0 Å². The highest BCUT2D eigenvalue weighted by Crippen LogP contribution is 2.30. The SMILES string of the molecule is C=C(CCC(=O)N1N=CCC1c1cc(C)cc(F)c1)Cn1cc2cccc(C)c2n1. The molecule has 6 heteroatoms. The predicted molar refractivity (Wildman–Crippen MR) is 117 cm³/mol. The summed E-state index contributed by atoms with van der Waals surface area (Å²) in [6.45, 7) is 8.58. The fraction of sp³-hybridized carbons (Fsp3) is 0.292. The molecule has 0 radical (unpaired) electrons. The molecular formula is C24H25FN4O. The van der Waals surface area contributed by atoms with Gasteiger partial charge in [-0.2, -0.15) is 10.2 Å². The number of hydrazone groups is 1. The molecule has 1 amide bonds. The Morgan fingerprint density at radius 3 is 2.83 bits per heavy atom. The van der Waals surface area contributed by atoms with Crippen molar-refractivity contribution in [2.75, 3.05) is 0 Å². The average molecular weight is 404 g/mol. The van der Waals surface area contributed by atoms with E-state index in [1.807, 2.05) is 49.0 Å². The number of rotatable bonds is 6. The van der Waals surface area contributed by atoms with E-state index in [0.717, 1.165) is 33.2 Å². The van der Waals surface area contributed by atoms with Crippen LogP contribution in [0.15, 0.2) is 59.8 Å². The van der Waals surface area contributed by atoms with Gasteiger partial charge in [-0.05, 0) is 49.1 Å². The maximum absolute atomic E-state index is 13.8. The number of fused-ring (bicyclic) bond motifs is 1. The summed E-state index contributed by atoms with van der Waals surface area (Å²) in [5, 5.41) is 11.4. The minimum absolute atomic E-state index is 0.0849. The smallest absolute Gasteiger partial charge is 0.243 e. The number of allylic oxidation sites excluding steroid dienone is 1. The van der Waals surface area contributed by atoms with Crippen molar-refractivity contribution in [1.82, 2.24) is 14.8 Å². The van der Waals surface area contributed by atoms with Crippen molar-refractivity contribution in [2.24, 2.45) is 5.10 Å². The van der Waals surface area contributed by atoms with Gasteiger partial charge in [0.1, 0.15) is 5.82 Å². The molecule has 0 aliphatic carbocycles. The van der Waals surface area contributed by atoms with E-state index in [1.165, 1.54) is 17.1 Å². The van der Waals surface area contributed by atoms with Crippen LogP contribution in [-0.2, 0) is 11.3 Å². The third kappa shape index (κ3) is 4.17. The second-order valence-electron chi connectivity index (χ2n) is 7.94. The minimum Gasteiger partial charge on any atom is -0.273 e. The summed E-state index contributed by atoms with van der Waals surface area (Å²) in [5.41, 5.74) is 4.66.